The Morgan fingerprint density at radius 1 is 1.06 bits per heavy atom. The predicted molar refractivity (Wildman–Crippen MR) is 128 cm³/mol. The van der Waals surface area contributed by atoms with Gasteiger partial charge in [-0.3, -0.25) is 4.79 Å². The molecule has 4 rings (SSSR count). The van der Waals surface area contributed by atoms with E-state index in [1.165, 1.54) is 6.42 Å². The van der Waals surface area contributed by atoms with Crippen LogP contribution in [0.25, 0.3) is 0 Å². The van der Waals surface area contributed by atoms with E-state index in [2.05, 4.69) is 6.92 Å². The van der Waals surface area contributed by atoms with Crippen LogP contribution in [0.1, 0.15) is 86.5 Å². The Kier molecular flexibility index (Phi) is 6.50. The molecule has 0 heterocycles. The van der Waals surface area contributed by atoms with Gasteiger partial charge in [-0.15, -0.1) is 0 Å². The lowest BCUT2D eigenvalue weighted by Crippen LogP contribution is -2.54. The van der Waals surface area contributed by atoms with Crippen molar-refractivity contribution in [3.05, 3.63) is 22.8 Å². The molecule has 4 aliphatic carbocycles. The van der Waals surface area contributed by atoms with Gasteiger partial charge in [-0.05, 0) is 100 Å². The molecule has 0 spiro atoms. The number of carbonyl (C=O) groups is 2. The van der Waals surface area contributed by atoms with Crippen molar-refractivity contribution >= 4 is 11.9 Å². The van der Waals surface area contributed by atoms with Crippen LogP contribution >= 0.6 is 0 Å². The molecule has 2 fully saturated rings. The molecule has 0 aromatic carbocycles. The van der Waals surface area contributed by atoms with E-state index < -0.39 is 40.5 Å². The van der Waals surface area contributed by atoms with E-state index in [0.717, 1.165) is 25.7 Å². The highest BCUT2D eigenvalue weighted by Gasteiger charge is 2.61. The summed E-state index contributed by atoms with van der Waals surface area (Å²) in [5.41, 5.74) is -2.35. The van der Waals surface area contributed by atoms with Gasteiger partial charge in [-0.2, -0.15) is 13.2 Å². The number of carbonyl (C=O) groups excluding carboxylic acids is 1. The molecule has 4 nitrogen and oxygen atoms in total. The number of hydrogen-bond acceptors (Lipinski definition) is 2. The van der Waals surface area contributed by atoms with Crippen LogP contribution in [0.3, 0.4) is 0 Å². The minimum absolute atomic E-state index is 0.0215. The summed E-state index contributed by atoms with van der Waals surface area (Å²) in [6, 6.07) is -0.491. The normalized spacial score (nSPS) is 37.1. The number of nitrogens with zero attached hydrogens (tertiary/aromatic N) is 1. The van der Waals surface area contributed by atoms with Crippen LogP contribution in [0.4, 0.5) is 13.2 Å². The van der Waals surface area contributed by atoms with Gasteiger partial charge in [0, 0.05) is 12.1 Å². The number of rotatable bonds is 4. The smallest absolute Gasteiger partial charge is 0.417 e. The van der Waals surface area contributed by atoms with Gasteiger partial charge in [0.05, 0.1) is 17.1 Å². The average Bonchev–Trinajstić information content (AvgIpc) is 3.12. The predicted octanol–water partition coefficient (Wildman–Crippen LogP) is 6.76. The van der Waals surface area contributed by atoms with Gasteiger partial charge in [-0.25, -0.2) is 4.79 Å². The van der Waals surface area contributed by atoms with Crippen LogP contribution in [-0.4, -0.2) is 40.1 Å². The van der Waals surface area contributed by atoms with Gasteiger partial charge < -0.3 is 10.0 Å². The molecule has 0 aliphatic heterocycles. The molecule has 0 aromatic heterocycles. The first-order valence-corrected chi connectivity index (χ1v) is 13.2. The number of carboxylic acid groups (broad SMARTS) is 1. The van der Waals surface area contributed by atoms with E-state index >= 15 is 0 Å². The van der Waals surface area contributed by atoms with Crippen molar-refractivity contribution in [2.75, 3.05) is 0 Å². The third kappa shape index (κ3) is 4.05. The first-order valence-electron chi connectivity index (χ1n) is 13.2. The minimum Gasteiger partial charge on any atom is -0.478 e. The lowest BCUT2D eigenvalue weighted by atomic mass is 9.46. The van der Waals surface area contributed by atoms with Crippen LogP contribution in [0, 0.1) is 34.5 Å². The summed E-state index contributed by atoms with van der Waals surface area (Å²) in [7, 11) is 0. The average molecular weight is 496 g/mol. The number of hydrogen-bond donors (Lipinski definition) is 1. The highest BCUT2D eigenvalue weighted by atomic mass is 19.4. The van der Waals surface area contributed by atoms with E-state index in [1.807, 2.05) is 34.6 Å². The molecule has 196 valence electrons. The maximum absolute atomic E-state index is 14.7. The Morgan fingerprint density at radius 3 is 2.23 bits per heavy atom. The number of aliphatic carboxylic acids is 1. The Morgan fingerprint density at radius 2 is 1.69 bits per heavy atom. The number of fused-ring (bicyclic) bond motifs is 5. The number of allylic oxidation sites excluding steroid dienone is 3. The number of alkyl halides is 3. The fourth-order valence-electron chi connectivity index (χ4n) is 8.64. The highest BCUT2D eigenvalue weighted by Crippen LogP contribution is 2.67. The van der Waals surface area contributed by atoms with Crippen molar-refractivity contribution in [3.8, 4) is 0 Å². The molecule has 35 heavy (non-hydrogen) atoms. The second-order valence-electron chi connectivity index (χ2n) is 12.5. The maximum Gasteiger partial charge on any atom is 0.417 e. The van der Waals surface area contributed by atoms with Crippen molar-refractivity contribution in [3.63, 3.8) is 0 Å². The molecule has 0 bridgehead atoms. The summed E-state index contributed by atoms with van der Waals surface area (Å²) in [5, 5.41) is 10.1. The van der Waals surface area contributed by atoms with E-state index in [4.69, 9.17) is 0 Å². The molecular weight excluding hydrogens is 455 g/mol. The van der Waals surface area contributed by atoms with Gasteiger partial charge in [-0.1, -0.05) is 26.3 Å². The minimum atomic E-state index is -4.84. The number of carboxylic acids is 1. The summed E-state index contributed by atoms with van der Waals surface area (Å²) < 4.78 is 44.0. The van der Waals surface area contributed by atoms with E-state index in [0.29, 0.717) is 12.3 Å². The third-order valence-corrected chi connectivity index (χ3v) is 9.94. The monoisotopic (exact) mass is 495 g/mol. The SMILES string of the molecule is CC(C)N(C(=O)C1C[C@@]2(C)C(=CC[C@@H]3[C@H]2CC[C@]2(C)CCC[C@@H]32)C(C(F)(F)F)=C1C(=O)O)C(C)C. The second kappa shape index (κ2) is 8.65. The number of halogens is 3. The molecule has 7 heteroatoms. The van der Waals surface area contributed by atoms with Crippen molar-refractivity contribution in [2.24, 2.45) is 34.5 Å². The maximum atomic E-state index is 14.7. The van der Waals surface area contributed by atoms with Crippen LogP contribution < -0.4 is 0 Å². The first-order chi connectivity index (χ1) is 16.1. The fraction of sp³-hybridized carbons (Fsp3) is 0.786. The molecule has 0 saturated heterocycles. The van der Waals surface area contributed by atoms with Gasteiger partial charge in [0.2, 0.25) is 5.91 Å². The second-order valence-corrected chi connectivity index (χ2v) is 12.5. The summed E-state index contributed by atoms with van der Waals surface area (Å²) in [6.45, 7) is 11.5. The van der Waals surface area contributed by atoms with Crippen LogP contribution in [0.5, 0.6) is 0 Å². The zero-order valence-corrected chi connectivity index (χ0v) is 21.8. The Labute approximate surface area is 207 Å². The van der Waals surface area contributed by atoms with Gasteiger partial charge in [0.1, 0.15) is 0 Å². The summed E-state index contributed by atoms with van der Waals surface area (Å²) >= 11 is 0. The highest BCUT2D eigenvalue weighted by molar-refractivity contribution is 5.98. The van der Waals surface area contributed by atoms with Crippen molar-refractivity contribution < 1.29 is 27.9 Å². The molecule has 1 N–H and O–H groups in total. The van der Waals surface area contributed by atoms with Gasteiger partial charge in [0.15, 0.2) is 0 Å². The van der Waals surface area contributed by atoms with Gasteiger partial charge in [0.25, 0.3) is 0 Å². The largest absolute Gasteiger partial charge is 0.478 e. The molecule has 2 saturated carbocycles. The van der Waals surface area contributed by atoms with Crippen LogP contribution in [0.15, 0.2) is 22.8 Å². The molecule has 1 amide bonds. The van der Waals surface area contributed by atoms with Crippen LogP contribution in [0.2, 0.25) is 0 Å². The molecule has 4 aliphatic rings. The van der Waals surface area contributed by atoms with E-state index in [-0.39, 0.29) is 41.3 Å². The third-order valence-electron chi connectivity index (χ3n) is 9.94. The van der Waals surface area contributed by atoms with Crippen molar-refractivity contribution in [1.82, 2.24) is 4.90 Å². The Bertz CT molecular complexity index is 957. The first kappa shape index (κ1) is 26.3. The standard InChI is InChI=1S/C28H40F3NO3/c1-15(2)32(16(3)4)24(33)18-14-27(6)20-11-13-26(5)12-7-8-19(26)17(20)9-10-21(27)23(28(29,30)31)22(18)25(34)35/h10,15-20H,7-9,11-14H2,1-6H3,(H,34,35)/t17-,18?,19-,20+,26-,27+/m0/s1. The van der Waals surface area contributed by atoms with E-state index in [9.17, 15) is 27.9 Å². The molecule has 6 atom stereocenters. The summed E-state index contributed by atoms with van der Waals surface area (Å²) in [5.74, 6) is -2.67. The number of amides is 1. The molecular formula is C28H40F3NO3. The molecule has 1 unspecified atom stereocenters. The van der Waals surface area contributed by atoms with Crippen molar-refractivity contribution in [1.29, 1.82) is 0 Å². The fourth-order valence-corrected chi connectivity index (χ4v) is 8.64. The van der Waals surface area contributed by atoms with Crippen LogP contribution in [-0.2, 0) is 9.59 Å². The van der Waals surface area contributed by atoms with Crippen molar-refractivity contribution in [2.45, 2.75) is 105 Å². The van der Waals surface area contributed by atoms with E-state index in [1.54, 1.807) is 11.0 Å². The lowest BCUT2D eigenvalue weighted by Gasteiger charge is -2.58. The zero-order chi connectivity index (χ0) is 26.1. The topological polar surface area (TPSA) is 57.6 Å². The summed E-state index contributed by atoms with van der Waals surface area (Å²) in [4.78, 5) is 27.8. The Hall–Kier alpha value is -1.79. The summed E-state index contributed by atoms with van der Waals surface area (Å²) in [6.07, 6.45) is 2.79. The molecule has 0 radical (unpaired) electrons. The lowest BCUT2D eigenvalue weighted by molar-refractivity contribution is -0.146. The quantitative estimate of drug-likeness (QED) is 0.469. The Balaban J connectivity index is 1.89. The molecule has 0 aromatic rings. The van der Waals surface area contributed by atoms with Gasteiger partial charge >= 0.3 is 12.1 Å². The zero-order valence-electron chi connectivity index (χ0n) is 21.8.